The molecule has 1 saturated carbocycles. The normalized spacial score (nSPS) is 31.2. The van der Waals surface area contributed by atoms with Crippen LogP contribution < -0.4 is 0 Å². The number of carbonyl (C=O) groups is 1. The summed E-state index contributed by atoms with van der Waals surface area (Å²) in [5, 5.41) is 0. The van der Waals surface area contributed by atoms with Gasteiger partial charge >= 0.3 is 0 Å². The Kier molecular flexibility index (Phi) is 3.11. The van der Waals surface area contributed by atoms with Gasteiger partial charge in [-0.15, -0.1) is 0 Å². The van der Waals surface area contributed by atoms with Crippen LogP contribution in [0.5, 0.6) is 0 Å². The third kappa shape index (κ3) is 2.29. The molecule has 0 N–H and O–H groups in total. The molecule has 18 heavy (non-hydrogen) atoms. The lowest BCUT2D eigenvalue weighted by Crippen LogP contribution is -2.40. The second-order valence-corrected chi connectivity index (χ2v) is 5.89. The Morgan fingerprint density at radius 1 is 1.28 bits per heavy atom. The average Bonchev–Trinajstić information content (AvgIpc) is 3.19. The third-order valence-corrected chi connectivity index (χ3v) is 4.30. The highest BCUT2D eigenvalue weighted by Gasteiger charge is 2.45. The molecule has 1 aromatic carbocycles. The van der Waals surface area contributed by atoms with Crippen LogP contribution in [0.4, 0.5) is 0 Å². The lowest BCUT2D eigenvalue weighted by Gasteiger charge is -2.31. The molecule has 3 atom stereocenters. The summed E-state index contributed by atoms with van der Waals surface area (Å²) in [5.41, 5.74) is 1.33. The minimum atomic E-state index is 0.262. The van der Waals surface area contributed by atoms with E-state index in [9.17, 15) is 4.79 Å². The Morgan fingerprint density at radius 2 is 2.06 bits per heavy atom. The fourth-order valence-electron chi connectivity index (χ4n) is 3.16. The molecule has 0 bridgehead atoms. The van der Waals surface area contributed by atoms with E-state index in [4.69, 9.17) is 0 Å². The van der Waals surface area contributed by atoms with Crippen LogP contribution in [0.25, 0.3) is 0 Å². The molecule has 1 aliphatic carbocycles. The molecule has 1 heterocycles. The number of benzene rings is 1. The molecule has 1 amide bonds. The number of nitrogens with zero attached hydrogens (tertiary/aromatic N) is 1. The van der Waals surface area contributed by atoms with E-state index >= 15 is 0 Å². The molecule has 1 aromatic rings. The zero-order valence-electron chi connectivity index (χ0n) is 11.0. The highest BCUT2D eigenvalue weighted by molar-refractivity contribution is 5.83. The SMILES string of the molecule is C[C@@H]1CCCN(C(=O)[C@@H]2C[C@H]2c2ccccc2)C1. The maximum atomic E-state index is 12.4. The van der Waals surface area contributed by atoms with Gasteiger partial charge in [-0.2, -0.15) is 0 Å². The van der Waals surface area contributed by atoms with Crippen LogP contribution in [-0.2, 0) is 4.79 Å². The second kappa shape index (κ2) is 4.75. The molecule has 1 aliphatic heterocycles. The van der Waals surface area contributed by atoms with Crippen molar-refractivity contribution in [1.82, 2.24) is 4.90 Å². The topological polar surface area (TPSA) is 20.3 Å². The van der Waals surface area contributed by atoms with E-state index in [1.165, 1.54) is 18.4 Å². The van der Waals surface area contributed by atoms with Crippen molar-refractivity contribution in [3.8, 4) is 0 Å². The predicted molar refractivity (Wildman–Crippen MR) is 72.3 cm³/mol. The summed E-state index contributed by atoms with van der Waals surface area (Å²) < 4.78 is 0. The van der Waals surface area contributed by atoms with Gasteiger partial charge in [0.1, 0.15) is 0 Å². The molecule has 0 radical (unpaired) electrons. The monoisotopic (exact) mass is 243 g/mol. The number of hydrogen-bond donors (Lipinski definition) is 0. The lowest BCUT2D eigenvalue weighted by molar-refractivity contribution is -0.134. The van der Waals surface area contributed by atoms with Gasteiger partial charge in [-0.3, -0.25) is 4.79 Å². The predicted octanol–water partition coefficient (Wildman–Crippen LogP) is 3.05. The van der Waals surface area contributed by atoms with Gasteiger partial charge in [0.15, 0.2) is 0 Å². The van der Waals surface area contributed by atoms with E-state index in [0.29, 0.717) is 17.7 Å². The van der Waals surface area contributed by atoms with Gasteiger partial charge in [0.25, 0.3) is 0 Å². The molecular weight excluding hydrogens is 222 g/mol. The van der Waals surface area contributed by atoms with E-state index in [0.717, 1.165) is 19.5 Å². The number of rotatable bonds is 2. The van der Waals surface area contributed by atoms with E-state index in [1.807, 2.05) is 6.07 Å². The lowest BCUT2D eigenvalue weighted by atomic mass is 9.99. The third-order valence-electron chi connectivity index (χ3n) is 4.30. The summed E-state index contributed by atoms with van der Waals surface area (Å²) in [7, 11) is 0. The maximum Gasteiger partial charge on any atom is 0.226 e. The summed E-state index contributed by atoms with van der Waals surface area (Å²) in [6.45, 7) is 4.19. The summed E-state index contributed by atoms with van der Waals surface area (Å²) in [6.07, 6.45) is 3.50. The highest BCUT2D eigenvalue weighted by atomic mass is 16.2. The van der Waals surface area contributed by atoms with Crippen LogP contribution >= 0.6 is 0 Å². The molecule has 2 nitrogen and oxygen atoms in total. The van der Waals surface area contributed by atoms with Gasteiger partial charge in [0.2, 0.25) is 5.91 Å². The van der Waals surface area contributed by atoms with Crippen molar-refractivity contribution in [1.29, 1.82) is 0 Å². The molecule has 1 saturated heterocycles. The second-order valence-electron chi connectivity index (χ2n) is 5.89. The Morgan fingerprint density at radius 3 is 2.78 bits per heavy atom. The van der Waals surface area contributed by atoms with E-state index in [2.05, 4.69) is 36.1 Å². The minimum Gasteiger partial charge on any atom is -0.342 e. The van der Waals surface area contributed by atoms with E-state index < -0.39 is 0 Å². The van der Waals surface area contributed by atoms with Crippen molar-refractivity contribution in [3.05, 3.63) is 35.9 Å². The smallest absolute Gasteiger partial charge is 0.226 e. The van der Waals surface area contributed by atoms with Crippen molar-refractivity contribution in [2.45, 2.75) is 32.1 Å². The molecule has 2 heteroatoms. The van der Waals surface area contributed by atoms with Crippen LogP contribution in [0.2, 0.25) is 0 Å². The quantitative estimate of drug-likeness (QED) is 0.782. The first-order valence-electron chi connectivity index (χ1n) is 7.09. The number of piperidine rings is 1. The van der Waals surface area contributed by atoms with E-state index in [1.54, 1.807) is 0 Å². The Balaban J connectivity index is 1.62. The number of carbonyl (C=O) groups excluding carboxylic acids is 1. The van der Waals surface area contributed by atoms with Crippen LogP contribution in [-0.4, -0.2) is 23.9 Å². The van der Waals surface area contributed by atoms with Crippen molar-refractivity contribution >= 4 is 5.91 Å². The van der Waals surface area contributed by atoms with Crippen LogP contribution in [0.15, 0.2) is 30.3 Å². The Hall–Kier alpha value is -1.31. The molecule has 0 aromatic heterocycles. The molecule has 0 unspecified atom stereocenters. The van der Waals surface area contributed by atoms with Crippen LogP contribution in [0.3, 0.4) is 0 Å². The first kappa shape index (κ1) is 11.8. The van der Waals surface area contributed by atoms with Gasteiger partial charge in [-0.25, -0.2) is 0 Å². The zero-order chi connectivity index (χ0) is 12.5. The van der Waals surface area contributed by atoms with Gasteiger partial charge < -0.3 is 4.90 Å². The number of likely N-dealkylation sites (tertiary alicyclic amines) is 1. The maximum absolute atomic E-state index is 12.4. The fourth-order valence-corrected chi connectivity index (χ4v) is 3.16. The molecule has 2 aliphatic rings. The van der Waals surface area contributed by atoms with Crippen molar-refractivity contribution in [3.63, 3.8) is 0 Å². The molecule has 2 fully saturated rings. The minimum absolute atomic E-state index is 0.262. The fraction of sp³-hybridized carbons (Fsp3) is 0.562. The molecule has 0 spiro atoms. The standard InChI is InChI=1S/C16H21NO/c1-12-6-5-9-17(11-12)16(18)15-10-14(15)13-7-3-2-4-8-13/h2-4,7-8,12,14-15H,5-6,9-11H2,1H3/t12-,14+,15-/m1/s1. The van der Waals surface area contributed by atoms with Gasteiger partial charge in [0, 0.05) is 19.0 Å². The average molecular weight is 243 g/mol. The first-order valence-corrected chi connectivity index (χ1v) is 7.09. The number of hydrogen-bond acceptors (Lipinski definition) is 1. The zero-order valence-corrected chi connectivity index (χ0v) is 11.0. The highest BCUT2D eigenvalue weighted by Crippen LogP contribution is 2.48. The summed E-state index contributed by atoms with van der Waals surface area (Å²) >= 11 is 0. The molecular formula is C16H21NO. The van der Waals surface area contributed by atoms with Crippen LogP contribution in [0, 0.1) is 11.8 Å². The summed E-state index contributed by atoms with van der Waals surface area (Å²) in [6, 6.07) is 10.5. The van der Waals surface area contributed by atoms with Crippen LogP contribution in [0.1, 0.15) is 37.7 Å². The number of amides is 1. The Bertz CT molecular complexity index is 428. The van der Waals surface area contributed by atoms with Gasteiger partial charge in [-0.05, 0) is 36.7 Å². The van der Waals surface area contributed by atoms with Crippen molar-refractivity contribution in [2.24, 2.45) is 11.8 Å². The van der Waals surface area contributed by atoms with E-state index in [-0.39, 0.29) is 5.92 Å². The summed E-state index contributed by atoms with van der Waals surface area (Å²) in [5.74, 6) is 1.82. The van der Waals surface area contributed by atoms with Crippen molar-refractivity contribution < 1.29 is 4.79 Å². The Labute approximate surface area is 109 Å². The molecule has 96 valence electrons. The summed E-state index contributed by atoms with van der Waals surface area (Å²) in [4.78, 5) is 14.5. The molecule has 3 rings (SSSR count). The van der Waals surface area contributed by atoms with Gasteiger partial charge in [-0.1, -0.05) is 37.3 Å². The van der Waals surface area contributed by atoms with Gasteiger partial charge in [0.05, 0.1) is 0 Å². The first-order chi connectivity index (χ1) is 8.75. The largest absolute Gasteiger partial charge is 0.342 e. The van der Waals surface area contributed by atoms with Crippen molar-refractivity contribution in [2.75, 3.05) is 13.1 Å².